The molecule has 1 unspecified atom stereocenters. The molecule has 5 nitrogen and oxygen atoms in total. The number of thioether (sulfide) groups is 1. The van der Waals surface area contributed by atoms with Gasteiger partial charge in [-0.1, -0.05) is 59.8 Å². The first-order valence-electron chi connectivity index (χ1n) is 9.66. The van der Waals surface area contributed by atoms with Gasteiger partial charge in [-0.2, -0.15) is 0 Å². The van der Waals surface area contributed by atoms with Crippen molar-refractivity contribution in [2.45, 2.75) is 31.2 Å². The molecule has 0 saturated heterocycles. The molecule has 0 fully saturated rings. The predicted molar refractivity (Wildman–Crippen MR) is 131 cm³/mol. The molecule has 0 radical (unpaired) electrons. The number of nitrogens with zero attached hydrogens (tertiary/aromatic N) is 1. The number of thiophene rings is 1. The third kappa shape index (κ3) is 4.54. The van der Waals surface area contributed by atoms with E-state index >= 15 is 0 Å². The van der Waals surface area contributed by atoms with Crippen LogP contribution in [0.3, 0.4) is 0 Å². The number of rotatable bonds is 5. The van der Waals surface area contributed by atoms with Crippen LogP contribution in [0.1, 0.15) is 17.4 Å². The molecule has 8 heteroatoms. The lowest BCUT2D eigenvalue weighted by Gasteiger charge is -2.13. The quantitative estimate of drug-likeness (QED) is 0.276. The maximum atomic E-state index is 12.9. The largest absolute Gasteiger partial charge is 0.325 e. The Morgan fingerprint density at radius 1 is 1.19 bits per heavy atom. The summed E-state index contributed by atoms with van der Waals surface area (Å²) in [7, 11) is 0. The molecule has 31 heavy (non-hydrogen) atoms. The SMILES string of the molecule is Cc1ccc(Cl)cc1NC(=O)C(C)Sc1nc2sc(C)c(-c3ccccc3)c2c(=O)[nH]1. The molecule has 2 heterocycles. The first-order valence-corrected chi connectivity index (χ1v) is 11.7. The second kappa shape index (κ2) is 8.86. The number of nitrogens with one attached hydrogen (secondary N) is 2. The summed E-state index contributed by atoms with van der Waals surface area (Å²) < 4.78 is 0. The molecular weight excluding hydrogens is 450 g/mol. The lowest BCUT2D eigenvalue weighted by molar-refractivity contribution is -0.115. The minimum atomic E-state index is -0.464. The zero-order valence-electron chi connectivity index (χ0n) is 17.2. The molecule has 2 aromatic carbocycles. The number of anilines is 1. The molecular formula is C23H20ClN3O2S2. The maximum absolute atomic E-state index is 12.9. The molecule has 4 rings (SSSR count). The number of fused-ring (bicyclic) bond motifs is 1. The van der Waals surface area contributed by atoms with Crippen LogP contribution in [0.15, 0.2) is 58.5 Å². The fourth-order valence-electron chi connectivity index (χ4n) is 3.29. The van der Waals surface area contributed by atoms with Crippen LogP contribution < -0.4 is 10.9 Å². The Kier molecular flexibility index (Phi) is 6.18. The molecule has 2 N–H and O–H groups in total. The Bertz CT molecular complexity index is 1330. The van der Waals surface area contributed by atoms with Crippen molar-refractivity contribution in [3.63, 3.8) is 0 Å². The first kappa shape index (κ1) is 21.6. The van der Waals surface area contributed by atoms with Gasteiger partial charge in [0.2, 0.25) is 5.91 Å². The highest BCUT2D eigenvalue weighted by Crippen LogP contribution is 2.36. The predicted octanol–water partition coefficient (Wildman–Crippen LogP) is 6.04. The standard InChI is InChI=1S/C23H20ClN3O2S2/c1-12-9-10-16(24)11-17(12)25-20(28)14(3)31-23-26-21(29)19-18(13(2)30-22(19)27-23)15-7-5-4-6-8-15/h4-11,14H,1-3H3,(H,25,28)(H,26,27,29). The fourth-order valence-corrected chi connectivity index (χ4v) is 5.36. The van der Waals surface area contributed by atoms with E-state index in [0.29, 0.717) is 26.1 Å². The third-order valence-electron chi connectivity index (χ3n) is 4.89. The Balaban J connectivity index is 1.60. The minimum absolute atomic E-state index is 0.189. The molecule has 0 aliphatic heterocycles. The number of carbonyl (C=O) groups excluding carboxylic acids is 1. The number of aryl methyl sites for hydroxylation is 2. The van der Waals surface area contributed by atoms with Crippen molar-refractivity contribution in [3.8, 4) is 11.1 Å². The summed E-state index contributed by atoms with van der Waals surface area (Å²) in [5.74, 6) is -0.189. The number of H-pyrrole nitrogens is 1. The van der Waals surface area contributed by atoms with Crippen LogP contribution in [0.5, 0.6) is 0 Å². The summed E-state index contributed by atoms with van der Waals surface area (Å²) >= 11 is 8.74. The molecule has 0 bridgehead atoms. The summed E-state index contributed by atoms with van der Waals surface area (Å²) in [4.78, 5) is 34.8. The number of carbonyl (C=O) groups is 1. The van der Waals surface area contributed by atoms with Crippen molar-refractivity contribution in [2.24, 2.45) is 0 Å². The number of aromatic amines is 1. The Morgan fingerprint density at radius 3 is 2.68 bits per heavy atom. The van der Waals surface area contributed by atoms with E-state index in [1.165, 1.54) is 23.1 Å². The van der Waals surface area contributed by atoms with Crippen LogP contribution in [0.4, 0.5) is 5.69 Å². The Labute approximate surface area is 192 Å². The molecule has 1 amide bonds. The number of amides is 1. The van der Waals surface area contributed by atoms with Crippen LogP contribution in [-0.2, 0) is 4.79 Å². The second-order valence-corrected chi connectivity index (χ2v) is 10.1. The fraction of sp³-hybridized carbons (Fsp3) is 0.174. The highest BCUT2D eigenvalue weighted by Gasteiger charge is 2.20. The van der Waals surface area contributed by atoms with E-state index in [0.717, 1.165) is 21.6 Å². The summed E-state index contributed by atoms with van der Waals surface area (Å²) in [6.07, 6.45) is 0. The van der Waals surface area contributed by atoms with Gasteiger partial charge in [-0.15, -0.1) is 11.3 Å². The number of benzene rings is 2. The van der Waals surface area contributed by atoms with Gasteiger partial charge in [-0.3, -0.25) is 9.59 Å². The highest BCUT2D eigenvalue weighted by atomic mass is 35.5. The molecule has 1 atom stereocenters. The van der Waals surface area contributed by atoms with Gasteiger partial charge in [0.15, 0.2) is 5.16 Å². The topological polar surface area (TPSA) is 74.8 Å². The van der Waals surface area contributed by atoms with E-state index in [2.05, 4.69) is 15.3 Å². The van der Waals surface area contributed by atoms with Gasteiger partial charge in [0.1, 0.15) is 4.83 Å². The molecule has 158 valence electrons. The van der Waals surface area contributed by atoms with E-state index in [-0.39, 0.29) is 11.5 Å². The highest BCUT2D eigenvalue weighted by molar-refractivity contribution is 8.00. The van der Waals surface area contributed by atoms with Gasteiger partial charge in [0.25, 0.3) is 5.56 Å². The molecule has 0 saturated carbocycles. The second-order valence-electron chi connectivity index (χ2n) is 7.16. The lowest BCUT2D eigenvalue weighted by Crippen LogP contribution is -2.23. The van der Waals surface area contributed by atoms with Crippen LogP contribution in [0.2, 0.25) is 5.02 Å². The van der Waals surface area contributed by atoms with Crippen molar-refractivity contribution >= 4 is 56.5 Å². The van der Waals surface area contributed by atoms with Gasteiger partial charge in [0, 0.05) is 21.2 Å². The number of aromatic nitrogens is 2. The van der Waals surface area contributed by atoms with Crippen molar-refractivity contribution in [1.82, 2.24) is 9.97 Å². The summed E-state index contributed by atoms with van der Waals surface area (Å²) in [5, 5.41) is 4.00. The minimum Gasteiger partial charge on any atom is -0.325 e. The Morgan fingerprint density at radius 2 is 1.94 bits per heavy atom. The molecule has 0 spiro atoms. The van der Waals surface area contributed by atoms with E-state index in [1.54, 1.807) is 19.1 Å². The van der Waals surface area contributed by atoms with E-state index in [4.69, 9.17) is 11.6 Å². The average Bonchev–Trinajstić information content (AvgIpc) is 3.07. The van der Waals surface area contributed by atoms with Gasteiger partial charge in [-0.25, -0.2) is 4.98 Å². The van der Waals surface area contributed by atoms with Gasteiger partial charge < -0.3 is 10.3 Å². The van der Waals surface area contributed by atoms with Crippen LogP contribution >= 0.6 is 34.7 Å². The molecule has 0 aliphatic rings. The zero-order chi connectivity index (χ0) is 22.1. The lowest BCUT2D eigenvalue weighted by atomic mass is 10.0. The van der Waals surface area contributed by atoms with Gasteiger partial charge in [-0.05, 0) is 44.0 Å². The van der Waals surface area contributed by atoms with Crippen LogP contribution in [-0.4, -0.2) is 21.1 Å². The number of halogens is 1. The molecule has 0 aliphatic carbocycles. The monoisotopic (exact) mass is 469 g/mol. The van der Waals surface area contributed by atoms with Crippen molar-refractivity contribution in [1.29, 1.82) is 0 Å². The van der Waals surface area contributed by atoms with Crippen LogP contribution in [0, 0.1) is 13.8 Å². The Hall–Kier alpha value is -2.61. The van der Waals surface area contributed by atoms with Gasteiger partial charge >= 0.3 is 0 Å². The summed E-state index contributed by atoms with van der Waals surface area (Å²) in [6.45, 7) is 5.67. The van der Waals surface area contributed by atoms with Gasteiger partial charge in [0.05, 0.1) is 10.6 Å². The van der Waals surface area contributed by atoms with E-state index in [9.17, 15) is 9.59 Å². The smallest absolute Gasteiger partial charge is 0.260 e. The maximum Gasteiger partial charge on any atom is 0.260 e. The molecule has 2 aromatic heterocycles. The zero-order valence-corrected chi connectivity index (χ0v) is 19.5. The van der Waals surface area contributed by atoms with Crippen molar-refractivity contribution in [2.75, 3.05) is 5.32 Å². The van der Waals surface area contributed by atoms with Crippen molar-refractivity contribution in [3.05, 3.63) is 74.3 Å². The first-order chi connectivity index (χ1) is 14.8. The number of hydrogen-bond acceptors (Lipinski definition) is 5. The van der Waals surface area contributed by atoms with E-state index in [1.807, 2.05) is 50.2 Å². The van der Waals surface area contributed by atoms with Crippen molar-refractivity contribution < 1.29 is 4.79 Å². The summed E-state index contributed by atoms with van der Waals surface area (Å²) in [6, 6.07) is 15.2. The number of hydrogen-bond donors (Lipinski definition) is 2. The molecule has 4 aromatic rings. The van der Waals surface area contributed by atoms with E-state index < -0.39 is 5.25 Å². The average molecular weight is 470 g/mol. The third-order valence-corrected chi connectivity index (χ3v) is 7.11. The normalized spacial score (nSPS) is 12.1. The van der Waals surface area contributed by atoms with Crippen LogP contribution in [0.25, 0.3) is 21.3 Å². The summed E-state index contributed by atoms with van der Waals surface area (Å²) in [5.41, 5.74) is 3.29.